The third-order valence-corrected chi connectivity index (χ3v) is 2.19. The van der Waals surface area contributed by atoms with Crippen molar-refractivity contribution in [2.45, 2.75) is 26.3 Å². The summed E-state index contributed by atoms with van der Waals surface area (Å²) in [5, 5.41) is 3.31. The monoisotopic (exact) mass is 192 g/mol. The molecule has 0 aliphatic heterocycles. The number of primary amides is 1. The van der Waals surface area contributed by atoms with Gasteiger partial charge in [0.15, 0.2) is 0 Å². The van der Waals surface area contributed by atoms with Crippen molar-refractivity contribution in [1.82, 2.24) is 0 Å². The smallest absolute Gasteiger partial charge is 0.248 e. The van der Waals surface area contributed by atoms with Crippen LogP contribution in [0.5, 0.6) is 0 Å². The molecule has 1 aromatic carbocycles. The highest BCUT2D eigenvalue weighted by Gasteiger charge is 2.01. The first-order valence-electron chi connectivity index (χ1n) is 4.80. The van der Waals surface area contributed by atoms with Crippen LogP contribution in [0, 0.1) is 0 Å². The van der Waals surface area contributed by atoms with E-state index in [4.69, 9.17) is 5.73 Å². The fourth-order valence-corrected chi connectivity index (χ4v) is 1.12. The van der Waals surface area contributed by atoms with Crippen LogP contribution < -0.4 is 11.1 Å². The van der Waals surface area contributed by atoms with Crippen molar-refractivity contribution in [2.75, 3.05) is 5.32 Å². The van der Waals surface area contributed by atoms with E-state index in [9.17, 15) is 4.79 Å². The Morgan fingerprint density at radius 2 is 2.00 bits per heavy atom. The summed E-state index contributed by atoms with van der Waals surface area (Å²) in [5.41, 5.74) is 6.69. The van der Waals surface area contributed by atoms with Gasteiger partial charge in [-0.25, -0.2) is 0 Å². The molecule has 1 atom stereocenters. The molecule has 1 unspecified atom stereocenters. The van der Waals surface area contributed by atoms with Crippen molar-refractivity contribution in [1.29, 1.82) is 0 Å². The minimum absolute atomic E-state index is 0.389. The number of amides is 1. The van der Waals surface area contributed by atoms with Crippen LogP contribution in [0.3, 0.4) is 0 Å². The highest BCUT2D eigenvalue weighted by molar-refractivity contribution is 5.93. The van der Waals surface area contributed by atoms with Gasteiger partial charge >= 0.3 is 0 Å². The molecule has 0 aliphatic rings. The predicted molar refractivity (Wildman–Crippen MR) is 58.3 cm³/mol. The summed E-state index contributed by atoms with van der Waals surface area (Å²) in [5.74, 6) is -0.389. The zero-order valence-corrected chi connectivity index (χ0v) is 8.58. The zero-order chi connectivity index (χ0) is 10.6. The second kappa shape index (κ2) is 4.65. The Hall–Kier alpha value is -1.51. The van der Waals surface area contributed by atoms with Crippen molar-refractivity contribution in [3.05, 3.63) is 29.8 Å². The van der Waals surface area contributed by atoms with Gasteiger partial charge in [0.2, 0.25) is 5.91 Å². The highest BCUT2D eigenvalue weighted by atomic mass is 16.1. The van der Waals surface area contributed by atoms with E-state index in [1.54, 1.807) is 12.1 Å². The first-order chi connectivity index (χ1) is 6.63. The Morgan fingerprint density at radius 3 is 2.43 bits per heavy atom. The van der Waals surface area contributed by atoms with Crippen molar-refractivity contribution >= 4 is 11.6 Å². The van der Waals surface area contributed by atoms with Crippen LogP contribution in [0.4, 0.5) is 5.69 Å². The summed E-state index contributed by atoms with van der Waals surface area (Å²) in [6.07, 6.45) is 1.07. The fraction of sp³-hybridized carbons (Fsp3) is 0.364. The molecular formula is C11H16N2O. The number of benzene rings is 1. The van der Waals surface area contributed by atoms with Crippen LogP contribution in [0.25, 0.3) is 0 Å². The van der Waals surface area contributed by atoms with Crippen LogP contribution in [0.2, 0.25) is 0 Å². The largest absolute Gasteiger partial charge is 0.383 e. The van der Waals surface area contributed by atoms with Crippen LogP contribution in [-0.4, -0.2) is 11.9 Å². The van der Waals surface area contributed by atoms with Gasteiger partial charge in [0.05, 0.1) is 0 Å². The molecule has 14 heavy (non-hydrogen) atoms. The van der Waals surface area contributed by atoms with Crippen molar-refractivity contribution in [3.63, 3.8) is 0 Å². The van der Waals surface area contributed by atoms with Gasteiger partial charge in [-0.15, -0.1) is 0 Å². The van der Waals surface area contributed by atoms with Gasteiger partial charge in [-0.1, -0.05) is 6.92 Å². The van der Waals surface area contributed by atoms with Crippen LogP contribution in [-0.2, 0) is 0 Å². The van der Waals surface area contributed by atoms with E-state index < -0.39 is 0 Å². The maximum absolute atomic E-state index is 10.8. The standard InChI is InChI=1S/C11H16N2O/c1-3-8(2)13-10-6-4-9(5-7-10)11(12)14/h4-8,13H,3H2,1-2H3,(H2,12,14). The molecule has 3 heteroatoms. The lowest BCUT2D eigenvalue weighted by atomic mass is 10.2. The average molecular weight is 192 g/mol. The molecule has 0 radical (unpaired) electrons. The molecule has 0 spiro atoms. The van der Waals surface area contributed by atoms with Gasteiger partial charge < -0.3 is 11.1 Å². The number of nitrogens with two attached hydrogens (primary N) is 1. The molecule has 0 saturated carbocycles. The summed E-state index contributed by atoms with van der Waals surface area (Å²) in [6.45, 7) is 4.23. The number of hydrogen-bond donors (Lipinski definition) is 2. The fourth-order valence-electron chi connectivity index (χ4n) is 1.12. The molecular weight excluding hydrogens is 176 g/mol. The lowest BCUT2D eigenvalue weighted by Crippen LogP contribution is -2.14. The zero-order valence-electron chi connectivity index (χ0n) is 8.58. The van der Waals surface area contributed by atoms with Crippen molar-refractivity contribution < 1.29 is 4.79 Å². The second-order valence-electron chi connectivity index (χ2n) is 3.40. The number of carbonyl (C=O) groups is 1. The molecule has 0 bridgehead atoms. The summed E-state index contributed by atoms with van der Waals surface area (Å²) < 4.78 is 0. The molecule has 1 rings (SSSR count). The quantitative estimate of drug-likeness (QED) is 0.766. The number of carbonyl (C=O) groups excluding carboxylic acids is 1. The van der Waals surface area contributed by atoms with Crippen LogP contribution in [0.1, 0.15) is 30.6 Å². The van der Waals surface area contributed by atoms with E-state index in [1.165, 1.54) is 0 Å². The van der Waals surface area contributed by atoms with Gasteiger partial charge in [0.1, 0.15) is 0 Å². The summed E-state index contributed by atoms with van der Waals surface area (Å²) in [4.78, 5) is 10.8. The molecule has 0 aliphatic carbocycles. The molecule has 3 nitrogen and oxygen atoms in total. The number of nitrogens with one attached hydrogen (secondary N) is 1. The first kappa shape index (κ1) is 10.6. The van der Waals surface area contributed by atoms with Crippen molar-refractivity contribution in [2.24, 2.45) is 5.73 Å². The number of hydrogen-bond acceptors (Lipinski definition) is 2. The Bertz CT molecular complexity index is 306. The van der Waals surface area contributed by atoms with E-state index in [2.05, 4.69) is 19.2 Å². The molecule has 0 heterocycles. The Kier molecular flexibility index (Phi) is 3.51. The Balaban J connectivity index is 2.68. The molecule has 0 saturated heterocycles. The third-order valence-electron chi connectivity index (χ3n) is 2.19. The van der Waals surface area contributed by atoms with E-state index in [0.29, 0.717) is 11.6 Å². The van der Waals surface area contributed by atoms with Crippen LogP contribution >= 0.6 is 0 Å². The number of rotatable bonds is 4. The highest BCUT2D eigenvalue weighted by Crippen LogP contribution is 2.11. The van der Waals surface area contributed by atoms with E-state index >= 15 is 0 Å². The molecule has 0 aromatic heterocycles. The molecule has 3 N–H and O–H groups in total. The summed E-state index contributed by atoms with van der Waals surface area (Å²) in [6, 6.07) is 7.63. The van der Waals surface area contributed by atoms with E-state index in [1.807, 2.05) is 12.1 Å². The molecule has 0 fully saturated rings. The number of anilines is 1. The minimum Gasteiger partial charge on any atom is -0.383 e. The first-order valence-corrected chi connectivity index (χ1v) is 4.80. The van der Waals surface area contributed by atoms with Gasteiger partial charge in [-0.3, -0.25) is 4.79 Å². The predicted octanol–water partition coefficient (Wildman–Crippen LogP) is 2.00. The summed E-state index contributed by atoms with van der Waals surface area (Å²) in [7, 11) is 0. The van der Waals surface area contributed by atoms with E-state index in [0.717, 1.165) is 12.1 Å². The third kappa shape index (κ3) is 2.76. The summed E-state index contributed by atoms with van der Waals surface area (Å²) >= 11 is 0. The van der Waals surface area contributed by atoms with Crippen molar-refractivity contribution in [3.8, 4) is 0 Å². The SMILES string of the molecule is CCC(C)Nc1ccc(C(N)=O)cc1. The molecule has 1 aromatic rings. The second-order valence-corrected chi connectivity index (χ2v) is 3.40. The minimum atomic E-state index is -0.389. The Labute approximate surface area is 84.3 Å². The normalized spacial score (nSPS) is 12.1. The topological polar surface area (TPSA) is 55.1 Å². The Morgan fingerprint density at radius 1 is 1.43 bits per heavy atom. The molecule has 76 valence electrons. The van der Waals surface area contributed by atoms with Gasteiger partial charge in [-0.05, 0) is 37.6 Å². The lowest BCUT2D eigenvalue weighted by Gasteiger charge is -2.12. The maximum atomic E-state index is 10.8. The molecule has 1 amide bonds. The van der Waals surface area contributed by atoms with E-state index in [-0.39, 0.29) is 5.91 Å². The van der Waals surface area contributed by atoms with Gasteiger partial charge in [-0.2, -0.15) is 0 Å². The average Bonchev–Trinajstić information content (AvgIpc) is 2.18. The maximum Gasteiger partial charge on any atom is 0.248 e. The van der Waals surface area contributed by atoms with Gasteiger partial charge in [0.25, 0.3) is 0 Å². The lowest BCUT2D eigenvalue weighted by molar-refractivity contribution is 0.100. The van der Waals surface area contributed by atoms with Crippen LogP contribution in [0.15, 0.2) is 24.3 Å². The van der Waals surface area contributed by atoms with Gasteiger partial charge in [0, 0.05) is 17.3 Å².